The van der Waals surface area contributed by atoms with Crippen molar-refractivity contribution >= 4 is 21.9 Å². The van der Waals surface area contributed by atoms with Gasteiger partial charge in [-0.2, -0.15) is 0 Å². The minimum absolute atomic E-state index is 0.124. The Morgan fingerprint density at radius 1 is 1.44 bits per heavy atom. The van der Waals surface area contributed by atoms with Gasteiger partial charge < -0.3 is 15.4 Å². The van der Waals surface area contributed by atoms with Crippen molar-refractivity contribution in [1.29, 1.82) is 0 Å². The van der Waals surface area contributed by atoms with Crippen LogP contribution in [0.2, 0.25) is 0 Å². The highest BCUT2D eigenvalue weighted by atomic mass is 79.9. The monoisotopic (exact) mass is 411 g/mol. The number of guanidine groups is 1. The van der Waals surface area contributed by atoms with Gasteiger partial charge in [-0.25, -0.2) is 4.39 Å². The summed E-state index contributed by atoms with van der Waals surface area (Å²) >= 11 is 3.28. The summed E-state index contributed by atoms with van der Waals surface area (Å²) in [5.74, 6) is 1.24. The minimum atomic E-state index is -0.152. The molecule has 1 aliphatic carbocycles. The molecular formula is C19H27BrFN3O. The molecule has 1 saturated carbocycles. The Balaban J connectivity index is 1.45. The lowest BCUT2D eigenvalue weighted by Gasteiger charge is -2.54. The number of hydrogen-bond acceptors (Lipinski definition) is 2. The molecule has 1 saturated heterocycles. The number of nitrogens with zero attached hydrogens (tertiary/aromatic N) is 1. The molecule has 0 radical (unpaired) electrons. The second-order valence-electron chi connectivity index (χ2n) is 7.53. The van der Waals surface area contributed by atoms with Gasteiger partial charge in [-0.05, 0) is 37.0 Å². The van der Waals surface area contributed by atoms with Crippen LogP contribution in [0.1, 0.15) is 32.3 Å². The fraction of sp³-hybridized carbons (Fsp3) is 0.632. The van der Waals surface area contributed by atoms with Gasteiger partial charge >= 0.3 is 0 Å². The molecule has 1 heterocycles. The molecule has 25 heavy (non-hydrogen) atoms. The number of rotatable bonds is 5. The second kappa shape index (κ2) is 7.62. The van der Waals surface area contributed by atoms with Crippen LogP contribution in [0.15, 0.2) is 27.7 Å². The van der Waals surface area contributed by atoms with Gasteiger partial charge in [-0.1, -0.05) is 35.8 Å². The third-order valence-electron chi connectivity index (χ3n) is 5.55. The normalized spacial score (nSPS) is 27.6. The van der Waals surface area contributed by atoms with Crippen molar-refractivity contribution in [1.82, 2.24) is 10.6 Å². The molecule has 0 spiro atoms. The molecule has 2 aliphatic rings. The minimum Gasteiger partial charge on any atom is -0.377 e. The molecule has 0 bridgehead atoms. The van der Waals surface area contributed by atoms with Crippen molar-refractivity contribution < 1.29 is 9.13 Å². The largest absolute Gasteiger partial charge is 0.377 e. The predicted molar refractivity (Wildman–Crippen MR) is 102 cm³/mol. The molecule has 1 aromatic carbocycles. The van der Waals surface area contributed by atoms with Gasteiger partial charge in [0.2, 0.25) is 0 Å². The summed E-state index contributed by atoms with van der Waals surface area (Å²) in [7, 11) is 1.79. The van der Waals surface area contributed by atoms with Crippen molar-refractivity contribution in [3.05, 3.63) is 34.1 Å². The van der Waals surface area contributed by atoms with Crippen molar-refractivity contribution in [2.24, 2.45) is 16.3 Å². The Morgan fingerprint density at radius 3 is 2.96 bits per heavy atom. The van der Waals surface area contributed by atoms with E-state index in [2.05, 4.69) is 45.4 Å². The molecule has 138 valence electrons. The molecule has 0 aromatic heterocycles. The zero-order chi connectivity index (χ0) is 18.0. The number of halogens is 2. The van der Waals surface area contributed by atoms with Crippen molar-refractivity contribution in [2.75, 3.05) is 20.2 Å². The Morgan fingerprint density at radius 2 is 2.24 bits per heavy atom. The Kier molecular flexibility index (Phi) is 5.68. The van der Waals surface area contributed by atoms with Crippen LogP contribution in [0.4, 0.5) is 4.39 Å². The lowest BCUT2D eigenvalue weighted by molar-refractivity contribution is -0.106. The summed E-state index contributed by atoms with van der Waals surface area (Å²) in [6, 6.07) is 5.62. The maximum atomic E-state index is 13.8. The van der Waals surface area contributed by atoms with E-state index in [4.69, 9.17) is 4.74 Å². The fourth-order valence-electron chi connectivity index (χ4n) is 4.17. The molecule has 4 nitrogen and oxygen atoms in total. The van der Waals surface area contributed by atoms with E-state index in [9.17, 15) is 4.39 Å². The zero-order valence-corrected chi connectivity index (χ0v) is 16.7. The van der Waals surface area contributed by atoms with E-state index in [1.54, 1.807) is 7.05 Å². The predicted octanol–water partition coefficient (Wildman–Crippen LogP) is 3.50. The molecule has 6 heteroatoms. The number of aliphatic imine (C=N–C) groups is 1. The van der Waals surface area contributed by atoms with E-state index < -0.39 is 0 Å². The first-order valence-electron chi connectivity index (χ1n) is 8.96. The van der Waals surface area contributed by atoms with Crippen molar-refractivity contribution in [3.8, 4) is 0 Å². The van der Waals surface area contributed by atoms with Gasteiger partial charge in [0.25, 0.3) is 0 Å². The fourth-order valence-corrected chi connectivity index (χ4v) is 4.50. The van der Waals surface area contributed by atoms with Crippen LogP contribution < -0.4 is 10.6 Å². The number of benzene rings is 1. The second-order valence-corrected chi connectivity index (χ2v) is 8.44. The van der Waals surface area contributed by atoms with Crippen LogP contribution in [0.3, 0.4) is 0 Å². The van der Waals surface area contributed by atoms with Crippen LogP contribution in [-0.2, 0) is 11.2 Å². The van der Waals surface area contributed by atoms with Crippen molar-refractivity contribution in [2.45, 2.75) is 45.3 Å². The SMILES string of the molecule is CN=C(NCCCc1ccc(Br)cc1F)NC1C2CCOC2C1(C)C. The van der Waals surface area contributed by atoms with E-state index in [0.717, 1.165) is 42.0 Å². The Hall–Kier alpha value is -1.14. The van der Waals surface area contributed by atoms with E-state index >= 15 is 0 Å². The van der Waals surface area contributed by atoms with Crippen molar-refractivity contribution in [3.63, 3.8) is 0 Å². The molecule has 0 amide bonds. The first-order valence-corrected chi connectivity index (χ1v) is 9.75. The van der Waals surface area contributed by atoms with Crippen LogP contribution >= 0.6 is 15.9 Å². The van der Waals surface area contributed by atoms with Gasteiger partial charge in [-0.3, -0.25) is 4.99 Å². The van der Waals surface area contributed by atoms with Crippen LogP contribution in [0, 0.1) is 17.2 Å². The average molecular weight is 412 g/mol. The molecule has 3 atom stereocenters. The summed E-state index contributed by atoms with van der Waals surface area (Å²) in [5.41, 5.74) is 0.873. The topological polar surface area (TPSA) is 45.7 Å². The maximum absolute atomic E-state index is 13.8. The smallest absolute Gasteiger partial charge is 0.191 e. The lowest BCUT2D eigenvalue weighted by atomic mass is 9.57. The van der Waals surface area contributed by atoms with Gasteiger partial charge in [0.15, 0.2) is 5.96 Å². The molecule has 1 aliphatic heterocycles. The summed E-state index contributed by atoms with van der Waals surface area (Å²) < 4.78 is 20.5. The summed E-state index contributed by atoms with van der Waals surface area (Å²) in [6.45, 7) is 6.12. The Labute approximate surface area is 157 Å². The lowest BCUT2D eigenvalue weighted by Crippen LogP contribution is -2.67. The third kappa shape index (κ3) is 3.85. The number of fused-ring (bicyclic) bond motifs is 1. The van der Waals surface area contributed by atoms with E-state index in [1.807, 2.05) is 12.1 Å². The van der Waals surface area contributed by atoms with Gasteiger partial charge in [0.05, 0.1) is 6.10 Å². The van der Waals surface area contributed by atoms with Gasteiger partial charge in [0, 0.05) is 42.0 Å². The molecular weight excluding hydrogens is 385 g/mol. The summed E-state index contributed by atoms with van der Waals surface area (Å²) in [6.07, 6.45) is 3.04. The van der Waals surface area contributed by atoms with E-state index in [1.165, 1.54) is 6.07 Å². The number of nitrogens with one attached hydrogen (secondary N) is 2. The van der Waals surface area contributed by atoms with Gasteiger partial charge in [-0.15, -0.1) is 0 Å². The first kappa shape index (κ1) is 18.6. The quantitative estimate of drug-likeness (QED) is 0.442. The third-order valence-corrected chi connectivity index (χ3v) is 6.04. The number of hydrogen-bond donors (Lipinski definition) is 2. The maximum Gasteiger partial charge on any atom is 0.191 e. The molecule has 2 N–H and O–H groups in total. The highest BCUT2D eigenvalue weighted by Gasteiger charge is 2.59. The standard InChI is InChI=1S/C19H27BrFN3O/c1-19(2)16(14-8-10-25-17(14)19)24-18(22-3)23-9-4-5-12-6-7-13(20)11-15(12)21/h6-7,11,14,16-17H,4-5,8-10H2,1-3H3,(H2,22,23,24). The Bertz CT molecular complexity index is 650. The summed E-state index contributed by atoms with van der Waals surface area (Å²) in [5, 5.41) is 6.91. The highest BCUT2D eigenvalue weighted by molar-refractivity contribution is 9.10. The van der Waals surface area contributed by atoms with E-state index in [-0.39, 0.29) is 11.2 Å². The summed E-state index contributed by atoms with van der Waals surface area (Å²) in [4.78, 5) is 4.34. The average Bonchev–Trinajstić information content (AvgIpc) is 3.03. The van der Waals surface area contributed by atoms with E-state index in [0.29, 0.717) is 24.5 Å². The van der Waals surface area contributed by atoms with Crippen LogP contribution in [0.5, 0.6) is 0 Å². The molecule has 3 rings (SSSR count). The molecule has 1 aromatic rings. The highest BCUT2D eigenvalue weighted by Crippen LogP contribution is 2.52. The number of aryl methyl sites for hydroxylation is 1. The number of ether oxygens (including phenoxy) is 1. The zero-order valence-electron chi connectivity index (χ0n) is 15.1. The first-order chi connectivity index (χ1) is 11.9. The molecule has 2 fully saturated rings. The van der Waals surface area contributed by atoms with Gasteiger partial charge in [0.1, 0.15) is 5.82 Å². The van der Waals surface area contributed by atoms with Crippen LogP contribution in [0.25, 0.3) is 0 Å². The molecule has 3 unspecified atom stereocenters. The van der Waals surface area contributed by atoms with Crippen LogP contribution in [-0.4, -0.2) is 38.3 Å².